The van der Waals surface area contributed by atoms with E-state index in [0.717, 1.165) is 105 Å². The van der Waals surface area contributed by atoms with Crippen molar-refractivity contribution < 1.29 is 23.8 Å². The molecule has 1 amide bonds. The van der Waals surface area contributed by atoms with Gasteiger partial charge in [-0.2, -0.15) is 0 Å². The van der Waals surface area contributed by atoms with Crippen molar-refractivity contribution in [2.24, 2.45) is 5.41 Å². The third kappa shape index (κ3) is 6.50. The number of esters is 1. The van der Waals surface area contributed by atoms with Crippen molar-refractivity contribution in [3.63, 3.8) is 0 Å². The maximum Gasteiger partial charge on any atom is 0.408 e. The summed E-state index contributed by atoms with van der Waals surface area (Å²) in [4.78, 5) is 39.5. The van der Waals surface area contributed by atoms with Crippen molar-refractivity contribution >= 4 is 40.5 Å². The van der Waals surface area contributed by atoms with Gasteiger partial charge in [0.1, 0.15) is 17.2 Å². The number of fused-ring (bicyclic) bond motifs is 3. The van der Waals surface area contributed by atoms with Crippen molar-refractivity contribution in [2.75, 3.05) is 36.0 Å². The average Bonchev–Trinajstić information content (AvgIpc) is 3.62. The Balaban J connectivity index is 1.09. The predicted octanol–water partition coefficient (Wildman–Crippen LogP) is 6.94. The minimum Gasteiger partial charge on any atom is -0.444 e. The summed E-state index contributed by atoms with van der Waals surface area (Å²) in [6, 6.07) is 14.1. The van der Waals surface area contributed by atoms with Gasteiger partial charge in [0.2, 0.25) is 0 Å². The fraction of sp³-hybridized carbons (Fsp3) is 0.513. The molecule has 1 aliphatic carbocycles. The van der Waals surface area contributed by atoms with Crippen LogP contribution in [0.4, 0.5) is 22.1 Å². The molecule has 2 aromatic carbocycles. The maximum atomic E-state index is 13.1. The van der Waals surface area contributed by atoms with Crippen molar-refractivity contribution in [1.29, 1.82) is 0 Å². The minimum absolute atomic E-state index is 0.115. The average molecular weight is 694 g/mol. The Morgan fingerprint density at radius 1 is 1.02 bits per heavy atom. The molecular weight excluding hydrogens is 646 g/mol. The molecule has 51 heavy (non-hydrogen) atoms. The normalized spacial score (nSPS) is 21.3. The minimum atomic E-state index is -0.572. The van der Waals surface area contributed by atoms with E-state index < -0.39 is 5.60 Å². The van der Waals surface area contributed by atoms with Crippen LogP contribution < -0.4 is 19.9 Å². The van der Waals surface area contributed by atoms with Crippen LogP contribution in [0.15, 0.2) is 48.7 Å². The van der Waals surface area contributed by atoms with Gasteiger partial charge in [0.05, 0.1) is 12.2 Å². The highest BCUT2D eigenvalue weighted by molar-refractivity contribution is 5.88. The second kappa shape index (κ2) is 13.1. The van der Waals surface area contributed by atoms with Crippen LogP contribution in [0, 0.1) is 5.41 Å². The summed E-state index contributed by atoms with van der Waals surface area (Å²) in [6.45, 7) is 10.1. The SMILES string of the molecule is CC(=O)Oc1ccc2c(c1)CCCN2c1nn(C2CCCCO2)c2nc(N3CCC4(CC3)Cc3ccccc3[C@H]4NC(=O)OC(C)(C)C)cnc12. The van der Waals surface area contributed by atoms with E-state index in [2.05, 4.69) is 39.4 Å². The van der Waals surface area contributed by atoms with E-state index >= 15 is 0 Å². The van der Waals surface area contributed by atoms with Crippen LogP contribution in [-0.4, -0.2) is 63.7 Å². The number of alkyl carbamates (subject to hydrolysis) is 1. The number of anilines is 3. The Morgan fingerprint density at radius 2 is 1.84 bits per heavy atom. The molecule has 2 fully saturated rings. The van der Waals surface area contributed by atoms with Gasteiger partial charge in [0.25, 0.3) is 0 Å². The number of carbonyl (C=O) groups is 2. The molecule has 5 heterocycles. The Morgan fingerprint density at radius 3 is 2.61 bits per heavy atom. The number of amides is 1. The monoisotopic (exact) mass is 693 g/mol. The second-order valence-electron chi connectivity index (χ2n) is 15.4. The number of aromatic nitrogens is 4. The van der Waals surface area contributed by atoms with E-state index in [1.165, 1.54) is 18.1 Å². The van der Waals surface area contributed by atoms with Crippen LogP contribution in [0.2, 0.25) is 0 Å². The molecule has 8 rings (SSSR count). The Bertz CT molecular complexity index is 1950. The van der Waals surface area contributed by atoms with E-state index in [4.69, 9.17) is 29.3 Å². The van der Waals surface area contributed by atoms with Crippen LogP contribution in [0.5, 0.6) is 5.75 Å². The molecule has 2 atom stereocenters. The lowest BCUT2D eigenvalue weighted by Crippen LogP contribution is -2.48. The van der Waals surface area contributed by atoms with E-state index in [1.54, 1.807) is 0 Å². The first-order valence-electron chi connectivity index (χ1n) is 18.3. The van der Waals surface area contributed by atoms with Crippen LogP contribution in [-0.2, 0) is 27.1 Å². The number of aryl methyl sites for hydroxylation is 1. The maximum absolute atomic E-state index is 13.1. The summed E-state index contributed by atoms with van der Waals surface area (Å²) in [7, 11) is 0. The summed E-state index contributed by atoms with van der Waals surface area (Å²) in [5, 5.41) is 8.44. The van der Waals surface area contributed by atoms with Gasteiger partial charge < -0.3 is 29.3 Å². The van der Waals surface area contributed by atoms with Gasteiger partial charge in [-0.3, -0.25) is 4.79 Å². The molecule has 0 radical (unpaired) electrons. The first-order chi connectivity index (χ1) is 24.6. The molecule has 0 bridgehead atoms. The summed E-state index contributed by atoms with van der Waals surface area (Å²) < 4.78 is 19.3. The number of nitrogens with zero attached hydrogens (tertiary/aromatic N) is 6. The van der Waals surface area contributed by atoms with Crippen molar-refractivity contribution in [1.82, 2.24) is 25.1 Å². The van der Waals surface area contributed by atoms with Gasteiger partial charge in [-0.05, 0) is 107 Å². The number of carbonyl (C=O) groups excluding carboxylic acids is 2. The van der Waals surface area contributed by atoms with Crippen molar-refractivity contribution in [2.45, 2.75) is 96.9 Å². The molecule has 268 valence electrons. The lowest BCUT2D eigenvalue weighted by atomic mass is 9.72. The number of ether oxygens (including phenoxy) is 3. The number of piperidine rings is 1. The lowest BCUT2D eigenvalue weighted by molar-refractivity contribution is -0.131. The lowest BCUT2D eigenvalue weighted by Gasteiger charge is -2.43. The van der Waals surface area contributed by atoms with Crippen LogP contribution in [0.1, 0.15) is 95.2 Å². The molecular formula is C39H47N7O5. The number of nitrogens with one attached hydrogen (secondary N) is 1. The zero-order chi connectivity index (χ0) is 35.3. The molecule has 1 N–H and O–H groups in total. The predicted molar refractivity (Wildman–Crippen MR) is 193 cm³/mol. The molecule has 3 aliphatic heterocycles. The molecule has 2 aromatic heterocycles. The summed E-state index contributed by atoms with van der Waals surface area (Å²) in [5.74, 6) is 1.80. The molecule has 4 aromatic rings. The van der Waals surface area contributed by atoms with Gasteiger partial charge >= 0.3 is 12.1 Å². The Labute approximate surface area is 298 Å². The van der Waals surface area contributed by atoms with Crippen molar-refractivity contribution in [3.05, 3.63) is 65.4 Å². The molecule has 1 spiro atoms. The van der Waals surface area contributed by atoms with E-state index in [-0.39, 0.29) is 29.7 Å². The molecule has 4 aliphatic rings. The van der Waals surface area contributed by atoms with E-state index in [9.17, 15) is 9.59 Å². The van der Waals surface area contributed by atoms with Crippen LogP contribution >= 0.6 is 0 Å². The fourth-order valence-electron chi connectivity index (χ4n) is 8.45. The third-order valence-corrected chi connectivity index (χ3v) is 10.8. The zero-order valence-corrected chi connectivity index (χ0v) is 30.0. The third-order valence-electron chi connectivity index (χ3n) is 10.8. The number of rotatable bonds is 5. The summed E-state index contributed by atoms with van der Waals surface area (Å²) >= 11 is 0. The second-order valence-corrected chi connectivity index (χ2v) is 15.4. The highest BCUT2D eigenvalue weighted by Crippen LogP contribution is 2.52. The van der Waals surface area contributed by atoms with Crippen LogP contribution in [0.25, 0.3) is 11.2 Å². The van der Waals surface area contributed by atoms with E-state index in [0.29, 0.717) is 12.4 Å². The molecule has 2 saturated heterocycles. The number of hydrogen-bond acceptors (Lipinski definition) is 10. The Hall–Kier alpha value is -4.71. The first-order valence-corrected chi connectivity index (χ1v) is 18.3. The first kappa shape index (κ1) is 33.4. The smallest absolute Gasteiger partial charge is 0.408 e. The van der Waals surface area contributed by atoms with Crippen molar-refractivity contribution in [3.8, 4) is 5.75 Å². The van der Waals surface area contributed by atoms with Gasteiger partial charge in [0.15, 0.2) is 23.2 Å². The Kier molecular flexibility index (Phi) is 8.60. The van der Waals surface area contributed by atoms with Crippen LogP contribution in [0.3, 0.4) is 0 Å². The van der Waals surface area contributed by atoms with Gasteiger partial charge in [-0.1, -0.05) is 24.3 Å². The topological polar surface area (TPSA) is 124 Å². The van der Waals surface area contributed by atoms with Gasteiger partial charge in [-0.25, -0.2) is 19.4 Å². The molecule has 1 unspecified atom stereocenters. The zero-order valence-electron chi connectivity index (χ0n) is 30.0. The molecule has 12 heteroatoms. The number of hydrogen-bond donors (Lipinski definition) is 1. The highest BCUT2D eigenvalue weighted by Gasteiger charge is 2.49. The largest absolute Gasteiger partial charge is 0.444 e. The van der Waals surface area contributed by atoms with E-state index in [1.807, 2.05) is 49.8 Å². The summed E-state index contributed by atoms with van der Waals surface area (Å²) in [6.07, 6.45) is 8.76. The highest BCUT2D eigenvalue weighted by atomic mass is 16.6. The van der Waals surface area contributed by atoms with Gasteiger partial charge in [-0.15, -0.1) is 5.10 Å². The number of benzene rings is 2. The fourth-order valence-corrected chi connectivity index (χ4v) is 8.45. The molecule has 0 saturated carbocycles. The standard InChI is InChI=1S/C39H47N7O5/c1-25(47)50-28-14-15-30-26(22-28)11-9-18-45(30)36-33-35(46(43-36)32-13-7-8-21-49-32)41-31(24-40-33)44-19-16-39(17-20-44)23-27-10-5-6-12-29(27)34(39)42-37(48)51-38(2,3)4/h5-6,10,12,14-15,22,24,32,34H,7-9,11,13,16-21,23H2,1-4H3,(H,42,48)/t32?,34-/m1/s1. The molecule has 12 nitrogen and oxygen atoms in total. The quantitative estimate of drug-likeness (QED) is 0.174. The van der Waals surface area contributed by atoms with Gasteiger partial charge in [0, 0.05) is 44.3 Å². The summed E-state index contributed by atoms with van der Waals surface area (Å²) in [5.41, 5.74) is 5.39.